The number of carboxylic acid groups (broad SMARTS) is 1. The van der Waals surface area contributed by atoms with Crippen molar-refractivity contribution in [2.24, 2.45) is 0 Å². The Hall–Kier alpha value is -1.35. The molecule has 0 saturated carbocycles. The Bertz CT molecular complexity index is 413. The zero-order valence-electron chi connectivity index (χ0n) is 11.7. The second-order valence-electron chi connectivity index (χ2n) is 4.96. The van der Waals surface area contributed by atoms with Gasteiger partial charge >= 0.3 is 5.97 Å². The molecule has 1 rings (SSSR count). The summed E-state index contributed by atoms with van der Waals surface area (Å²) in [6.45, 7) is 7.85. The lowest BCUT2D eigenvalue weighted by Crippen LogP contribution is -2.51. The van der Waals surface area contributed by atoms with E-state index in [0.717, 1.165) is 24.0 Å². The van der Waals surface area contributed by atoms with E-state index in [1.54, 1.807) is 6.92 Å². The van der Waals surface area contributed by atoms with Crippen LogP contribution in [-0.4, -0.2) is 17.1 Å². The van der Waals surface area contributed by atoms with Crippen LogP contribution < -0.4 is 5.32 Å². The number of benzene rings is 1. The van der Waals surface area contributed by atoms with Gasteiger partial charge in [-0.3, -0.25) is 5.32 Å². The SMILES string of the molecule is CCC(CC)NC(C)(C(=O)O)c1cccc(C)c1. The molecule has 1 aromatic carbocycles. The van der Waals surface area contributed by atoms with E-state index >= 15 is 0 Å². The van der Waals surface area contributed by atoms with E-state index in [0.29, 0.717) is 0 Å². The molecule has 0 aliphatic rings. The molecule has 1 unspecified atom stereocenters. The van der Waals surface area contributed by atoms with Gasteiger partial charge in [-0.2, -0.15) is 0 Å². The lowest BCUT2D eigenvalue weighted by Gasteiger charge is -2.31. The Morgan fingerprint density at radius 2 is 2.00 bits per heavy atom. The van der Waals surface area contributed by atoms with E-state index in [4.69, 9.17) is 0 Å². The molecule has 100 valence electrons. The van der Waals surface area contributed by atoms with Crippen LogP contribution in [0.15, 0.2) is 24.3 Å². The average molecular weight is 249 g/mol. The predicted octanol–water partition coefficient (Wildman–Crippen LogP) is 3.07. The van der Waals surface area contributed by atoms with Crippen LogP contribution >= 0.6 is 0 Å². The number of hydrogen-bond acceptors (Lipinski definition) is 2. The maximum atomic E-state index is 11.6. The first kappa shape index (κ1) is 14.7. The fourth-order valence-electron chi connectivity index (χ4n) is 2.13. The summed E-state index contributed by atoms with van der Waals surface area (Å²) < 4.78 is 0. The first-order chi connectivity index (χ1) is 8.43. The van der Waals surface area contributed by atoms with Crippen molar-refractivity contribution in [2.45, 2.75) is 52.1 Å². The highest BCUT2D eigenvalue weighted by atomic mass is 16.4. The summed E-state index contributed by atoms with van der Waals surface area (Å²) in [4.78, 5) is 11.6. The van der Waals surface area contributed by atoms with Crippen molar-refractivity contribution in [3.63, 3.8) is 0 Å². The van der Waals surface area contributed by atoms with E-state index in [1.807, 2.05) is 31.2 Å². The highest BCUT2D eigenvalue weighted by molar-refractivity contribution is 5.80. The lowest BCUT2D eigenvalue weighted by atomic mass is 9.89. The van der Waals surface area contributed by atoms with Crippen LogP contribution in [0, 0.1) is 6.92 Å². The fourth-order valence-corrected chi connectivity index (χ4v) is 2.13. The molecule has 0 aromatic heterocycles. The molecular formula is C15H23NO2. The second-order valence-corrected chi connectivity index (χ2v) is 4.96. The number of aliphatic carboxylic acids is 1. The quantitative estimate of drug-likeness (QED) is 0.814. The van der Waals surface area contributed by atoms with Crippen molar-refractivity contribution in [1.82, 2.24) is 5.32 Å². The summed E-state index contributed by atoms with van der Waals surface area (Å²) in [6, 6.07) is 7.90. The molecule has 0 radical (unpaired) electrons. The Morgan fingerprint density at radius 3 is 2.44 bits per heavy atom. The number of carbonyl (C=O) groups is 1. The molecule has 0 aliphatic heterocycles. The summed E-state index contributed by atoms with van der Waals surface area (Å²) in [5, 5.41) is 12.8. The molecule has 0 fully saturated rings. The van der Waals surface area contributed by atoms with Crippen LogP contribution in [0.3, 0.4) is 0 Å². The number of nitrogens with one attached hydrogen (secondary N) is 1. The van der Waals surface area contributed by atoms with Gasteiger partial charge in [0.1, 0.15) is 5.54 Å². The third-order valence-electron chi connectivity index (χ3n) is 3.50. The number of hydrogen-bond donors (Lipinski definition) is 2. The summed E-state index contributed by atoms with van der Waals surface area (Å²) in [5.41, 5.74) is 0.858. The van der Waals surface area contributed by atoms with E-state index in [1.165, 1.54) is 0 Å². The van der Waals surface area contributed by atoms with Gasteiger partial charge in [-0.05, 0) is 32.3 Å². The Morgan fingerprint density at radius 1 is 1.39 bits per heavy atom. The van der Waals surface area contributed by atoms with Crippen molar-refractivity contribution in [1.29, 1.82) is 0 Å². The summed E-state index contributed by atoms with van der Waals surface area (Å²) in [5.74, 6) is -0.833. The standard InChI is InChI=1S/C15H23NO2/c1-5-13(6-2)16-15(4,14(17)18)12-9-7-8-11(3)10-12/h7-10,13,16H,5-6H2,1-4H3,(H,17,18). The van der Waals surface area contributed by atoms with E-state index in [9.17, 15) is 9.90 Å². The molecule has 2 N–H and O–H groups in total. The Balaban J connectivity index is 3.11. The van der Waals surface area contributed by atoms with Crippen LogP contribution in [0.1, 0.15) is 44.7 Å². The smallest absolute Gasteiger partial charge is 0.328 e. The van der Waals surface area contributed by atoms with Gasteiger partial charge in [0.05, 0.1) is 0 Å². The predicted molar refractivity (Wildman–Crippen MR) is 73.7 cm³/mol. The van der Waals surface area contributed by atoms with Crippen molar-refractivity contribution >= 4 is 5.97 Å². The molecule has 3 heteroatoms. The maximum absolute atomic E-state index is 11.6. The topological polar surface area (TPSA) is 49.3 Å². The minimum atomic E-state index is -1.03. The van der Waals surface area contributed by atoms with Gasteiger partial charge in [0.25, 0.3) is 0 Å². The second kappa shape index (κ2) is 6.01. The molecule has 0 bridgehead atoms. The number of rotatable bonds is 6. The van der Waals surface area contributed by atoms with Crippen molar-refractivity contribution < 1.29 is 9.90 Å². The van der Waals surface area contributed by atoms with Gasteiger partial charge in [-0.15, -0.1) is 0 Å². The first-order valence-electron chi connectivity index (χ1n) is 6.52. The van der Waals surface area contributed by atoms with E-state index in [-0.39, 0.29) is 6.04 Å². The normalized spacial score (nSPS) is 14.5. The van der Waals surface area contributed by atoms with Gasteiger partial charge in [0.15, 0.2) is 0 Å². The third-order valence-corrected chi connectivity index (χ3v) is 3.50. The van der Waals surface area contributed by atoms with Gasteiger partial charge in [-0.25, -0.2) is 4.79 Å². The molecule has 0 saturated heterocycles. The zero-order chi connectivity index (χ0) is 13.8. The fraction of sp³-hybridized carbons (Fsp3) is 0.533. The van der Waals surface area contributed by atoms with Crippen LogP contribution in [0.5, 0.6) is 0 Å². The van der Waals surface area contributed by atoms with Crippen molar-refractivity contribution in [2.75, 3.05) is 0 Å². The minimum Gasteiger partial charge on any atom is -0.480 e. The van der Waals surface area contributed by atoms with Crippen LogP contribution in [0.4, 0.5) is 0 Å². The van der Waals surface area contributed by atoms with Crippen LogP contribution in [-0.2, 0) is 10.3 Å². The molecule has 0 aliphatic carbocycles. The van der Waals surface area contributed by atoms with Crippen LogP contribution in [0.2, 0.25) is 0 Å². The minimum absolute atomic E-state index is 0.214. The highest BCUT2D eigenvalue weighted by Gasteiger charge is 2.36. The first-order valence-corrected chi connectivity index (χ1v) is 6.52. The summed E-state index contributed by atoms with van der Waals surface area (Å²) >= 11 is 0. The van der Waals surface area contributed by atoms with Crippen LogP contribution in [0.25, 0.3) is 0 Å². The van der Waals surface area contributed by atoms with Gasteiger partial charge in [0, 0.05) is 6.04 Å². The van der Waals surface area contributed by atoms with Gasteiger partial charge in [0.2, 0.25) is 0 Å². The molecule has 1 atom stereocenters. The zero-order valence-corrected chi connectivity index (χ0v) is 11.7. The van der Waals surface area contributed by atoms with E-state index in [2.05, 4.69) is 19.2 Å². The van der Waals surface area contributed by atoms with Crippen molar-refractivity contribution in [3.05, 3.63) is 35.4 Å². The monoisotopic (exact) mass is 249 g/mol. The molecule has 18 heavy (non-hydrogen) atoms. The molecule has 1 aromatic rings. The summed E-state index contributed by atoms with van der Waals surface area (Å²) in [6.07, 6.45) is 1.84. The largest absolute Gasteiger partial charge is 0.480 e. The summed E-state index contributed by atoms with van der Waals surface area (Å²) in [7, 11) is 0. The van der Waals surface area contributed by atoms with Crippen molar-refractivity contribution in [3.8, 4) is 0 Å². The molecule has 0 spiro atoms. The van der Waals surface area contributed by atoms with Gasteiger partial charge < -0.3 is 5.11 Å². The molecular weight excluding hydrogens is 226 g/mol. The van der Waals surface area contributed by atoms with E-state index < -0.39 is 11.5 Å². The average Bonchev–Trinajstić information content (AvgIpc) is 2.35. The Kier molecular flexibility index (Phi) is 4.91. The third kappa shape index (κ3) is 3.10. The van der Waals surface area contributed by atoms with Gasteiger partial charge in [-0.1, -0.05) is 43.7 Å². The molecule has 0 heterocycles. The number of carboxylic acids is 1. The molecule has 0 amide bonds. The Labute approximate surface area is 109 Å². The molecule has 3 nitrogen and oxygen atoms in total. The maximum Gasteiger partial charge on any atom is 0.328 e. The number of aryl methyl sites for hydroxylation is 1. The highest BCUT2D eigenvalue weighted by Crippen LogP contribution is 2.23. The lowest BCUT2D eigenvalue weighted by molar-refractivity contribution is -0.145.